The molecule has 0 radical (unpaired) electrons. The molecule has 3 atom stereocenters. The van der Waals surface area contributed by atoms with Gasteiger partial charge in [0.1, 0.15) is 6.61 Å². The number of carbonyl (C=O) groups is 3. The number of rotatable bonds is 10. The summed E-state index contributed by atoms with van der Waals surface area (Å²) in [7, 11) is 0. The smallest absolute Gasteiger partial charge is 0.407 e. The summed E-state index contributed by atoms with van der Waals surface area (Å²) < 4.78 is 5.48. The number of fused-ring (bicyclic) bond motifs is 3. The summed E-state index contributed by atoms with van der Waals surface area (Å²) in [6.45, 7) is 3.53. The average molecular weight is 455 g/mol. The molecule has 1 aliphatic carbocycles. The molecule has 0 aromatic heterocycles. The summed E-state index contributed by atoms with van der Waals surface area (Å²) in [6.07, 6.45) is -0.754. The summed E-state index contributed by atoms with van der Waals surface area (Å²) >= 11 is 0. The Labute approximate surface area is 193 Å². The van der Waals surface area contributed by atoms with Crippen molar-refractivity contribution in [3.05, 3.63) is 59.7 Å². The van der Waals surface area contributed by atoms with Crippen molar-refractivity contribution in [2.24, 2.45) is 5.92 Å². The van der Waals surface area contributed by atoms with Crippen LogP contribution in [-0.4, -0.2) is 53.5 Å². The third-order valence-corrected chi connectivity index (χ3v) is 5.92. The largest absolute Gasteiger partial charge is 0.480 e. The number of aliphatic carboxylic acids is 1. The van der Waals surface area contributed by atoms with Crippen LogP contribution in [0.15, 0.2) is 48.5 Å². The molecule has 33 heavy (non-hydrogen) atoms. The summed E-state index contributed by atoms with van der Waals surface area (Å²) in [5.41, 5.74) is 4.61. The zero-order valence-electron chi connectivity index (χ0n) is 18.8. The Kier molecular flexibility index (Phi) is 8.06. The van der Waals surface area contributed by atoms with E-state index in [2.05, 4.69) is 34.9 Å². The normalized spacial score (nSPS) is 15.0. The third kappa shape index (κ3) is 5.90. The zero-order valence-corrected chi connectivity index (χ0v) is 18.8. The van der Waals surface area contributed by atoms with Gasteiger partial charge in [-0.25, -0.2) is 9.59 Å². The van der Waals surface area contributed by atoms with Crippen molar-refractivity contribution >= 4 is 18.0 Å². The summed E-state index contributed by atoms with van der Waals surface area (Å²) in [6, 6.07) is 14.9. The first-order valence-corrected chi connectivity index (χ1v) is 11.1. The first-order valence-electron chi connectivity index (χ1n) is 11.1. The number of amides is 2. The minimum atomic E-state index is -1.35. The van der Waals surface area contributed by atoms with Gasteiger partial charge in [0.15, 0.2) is 6.04 Å². The van der Waals surface area contributed by atoms with E-state index in [4.69, 9.17) is 9.84 Å². The second-order valence-corrected chi connectivity index (χ2v) is 8.36. The lowest BCUT2D eigenvalue weighted by Gasteiger charge is -2.19. The minimum Gasteiger partial charge on any atom is -0.480 e. The summed E-state index contributed by atoms with van der Waals surface area (Å²) in [5, 5.41) is 23.6. The van der Waals surface area contributed by atoms with Crippen molar-refractivity contribution in [3.8, 4) is 11.1 Å². The number of carboxylic acids is 1. The molecule has 3 rings (SSSR count). The highest BCUT2D eigenvalue weighted by atomic mass is 16.5. The molecule has 0 bridgehead atoms. The van der Waals surface area contributed by atoms with Gasteiger partial charge in [-0.15, -0.1) is 0 Å². The van der Waals surface area contributed by atoms with Crippen molar-refractivity contribution in [2.75, 3.05) is 13.2 Å². The van der Waals surface area contributed by atoms with Gasteiger partial charge in [-0.2, -0.15) is 0 Å². The number of hydrogen-bond acceptors (Lipinski definition) is 5. The second kappa shape index (κ2) is 11.0. The van der Waals surface area contributed by atoms with Crippen LogP contribution < -0.4 is 10.6 Å². The Balaban J connectivity index is 1.42. The highest BCUT2D eigenvalue weighted by Crippen LogP contribution is 2.44. The maximum Gasteiger partial charge on any atom is 0.407 e. The van der Waals surface area contributed by atoms with Crippen LogP contribution in [0, 0.1) is 5.92 Å². The number of alkyl carbamates (subject to hydrolysis) is 1. The Bertz CT molecular complexity index is 960. The average Bonchev–Trinajstić information content (AvgIpc) is 3.12. The van der Waals surface area contributed by atoms with E-state index < -0.39 is 36.0 Å². The first kappa shape index (κ1) is 24.3. The molecule has 2 amide bonds. The molecule has 0 spiro atoms. The maximum absolute atomic E-state index is 12.2. The van der Waals surface area contributed by atoms with Crippen LogP contribution in [0.4, 0.5) is 4.79 Å². The Hall–Kier alpha value is -3.39. The molecule has 176 valence electrons. The van der Waals surface area contributed by atoms with Gasteiger partial charge in [0, 0.05) is 18.4 Å². The molecule has 1 unspecified atom stereocenters. The highest BCUT2D eigenvalue weighted by Gasteiger charge is 2.29. The lowest BCUT2D eigenvalue weighted by molar-refractivity contribution is -0.145. The predicted molar refractivity (Wildman–Crippen MR) is 123 cm³/mol. The van der Waals surface area contributed by atoms with Gasteiger partial charge in [0.2, 0.25) is 5.91 Å². The molecule has 0 fully saturated rings. The number of carboxylic acid groups (broad SMARTS) is 1. The van der Waals surface area contributed by atoms with Gasteiger partial charge < -0.3 is 25.6 Å². The molecule has 0 saturated carbocycles. The molecule has 4 N–H and O–H groups in total. The molecule has 8 heteroatoms. The van der Waals surface area contributed by atoms with Crippen LogP contribution in [0.2, 0.25) is 0 Å². The summed E-state index contributed by atoms with van der Waals surface area (Å²) in [5.74, 6) is -2.22. The molecule has 1 aliphatic rings. The van der Waals surface area contributed by atoms with Crippen molar-refractivity contribution in [1.82, 2.24) is 10.6 Å². The van der Waals surface area contributed by atoms with Crippen molar-refractivity contribution in [1.29, 1.82) is 0 Å². The lowest BCUT2D eigenvalue weighted by atomic mass is 9.98. The fourth-order valence-electron chi connectivity index (χ4n) is 4.06. The monoisotopic (exact) mass is 454 g/mol. The van der Waals surface area contributed by atoms with E-state index in [0.717, 1.165) is 22.3 Å². The number of carbonyl (C=O) groups excluding carboxylic acids is 2. The van der Waals surface area contributed by atoms with Crippen LogP contribution in [0.1, 0.15) is 43.7 Å². The maximum atomic E-state index is 12.2. The lowest BCUT2D eigenvalue weighted by Crippen LogP contribution is -2.49. The number of hydrogen-bond donors (Lipinski definition) is 4. The van der Waals surface area contributed by atoms with Crippen LogP contribution >= 0.6 is 0 Å². The van der Waals surface area contributed by atoms with Crippen LogP contribution in [0.25, 0.3) is 11.1 Å². The molecular formula is C25H30N2O6. The molecule has 2 aromatic rings. The summed E-state index contributed by atoms with van der Waals surface area (Å²) in [4.78, 5) is 35.4. The van der Waals surface area contributed by atoms with E-state index in [0.29, 0.717) is 19.4 Å². The molecule has 0 aliphatic heterocycles. The standard InChI is InChI=1S/C25H30N2O6/c1-15(23(29)27-22(16(2)28)24(30)31)8-7-13-26-25(32)33-14-21-19-11-5-3-9-17(19)18-10-4-6-12-20(18)21/h3-6,9-12,15-16,21-22,28H,7-8,13-14H2,1-2H3,(H,26,32)(H,27,29)(H,30,31)/t15?,16-,22+/m1/s1. The predicted octanol–water partition coefficient (Wildman–Crippen LogP) is 2.89. The molecule has 0 saturated heterocycles. The van der Waals surface area contributed by atoms with Gasteiger partial charge in [0.05, 0.1) is 6.10 Å². The minimum absolute atomic E-state index is 0.0111. The molecule has 2 aromatic carbocycles. The van der Waals surface area contributed by atoms with E-state index in [-0.39, 0.29) is 12.5 Å². The quantitative estimate of drug-likeness (QED) is 0.409. The van der Waals surface area contributed by atoms with Crippen molar-refractivity contribution in [2.45, 2.75) is 44.8 Å². The van der Waals surface area contributed by atoms with Gasteiger partial charge in [-0.05, 0) is 42.0 Å². The Morgan fingerprint density at radius 1 is 1.00 bits per heavy atom. The Morgan fingerprint density at radius 3 is 2.12 bits per heavy atom. The zero-order chi connectivity index (χ0) is 24.0. The van der Waals surface area contributed by atoms with Crippen molar-refractivity contribution < 1.29 is 29.3 Å². The first-order chi connectivity index (χ1) is 15.8. The van der Waals surface area contributed by atoms with Crippen molar-refractivity contribution in [3.63, 3.8) is 0 Å². The molecule has 8 nitrogen and oxygen atoms in total. The topological polar surface area (TPSA) is 125 Å². The second-order valence-electron chi connectivity index (χ2n) is 8.36. The van der Waals surface area contributed by atoms with E-state index in [1.807, 2.05) is 24.3 Å². The van der Waals surface area contributed by atoms with Crippen LogP contribution in [-0.2, 0) is 14.3 Å². The van der Waals surface area contributed by atoms with Gasteiger partial charge in [0.25, 0.3) is 0 Å². The molecular weight excluding hydrogens is 424 g/mol. The van der Waals surface area contributed by atoms with Crippen LogP contribution in [0.5, 0.6) is 0 Å². The van der Waals surface area contributed by atoms with Crippen LogP contribution in [0.3, 0.4) is 0 Å². The SMILES string of the molecule is CC(CCCNC(=O)OCC1c2ccccc2-c2ccccc21)C(=O)N[C@H](C(=O)O)[C@@H](C)O. The fourth-order valence-corrected chi connectivity index (χ4v) is 4.06. The van der Waals surface area contributed by atoms with E-state index in [1.54, 1.807) is 6.92 Å². The van der Waals surface area contributed by atoms with Gasteiger partial charge >= 0.3 is 12.1 Å². The van der Waals surface area contributed by atoms with E-state index in [1.165, 1.54) is 6.92 Å². The number of benzene rings is 2. The van der Waals surface area contributed by atoms with Gasteiger partial charge in [-0.1, -0.05) is 55.5 Å². The van der Waals surface area contributed by atoms with E-state index in [9.17, 15) is 19.5 Å². The number of aliphatic hydroxyl groups excluding tert-OH is 1. The number of ether oxygens (including phenoxy) is 1. The number of nitrogens with one attached hydrogen (secondary N) is 2. The highest BCUT2D eigenvalue weighted by molar-refractivity contribution is 5.85. The van der Waals surface area contributed by atoms with Gasteiger partial charge in [-0.3, -0.25) is 4.79 Å². The van der Waals surface area contributed by atoms with E-state index >= 15 is 0 Å². The third-order valence-electron chi connectivity index (χ3n) is 5.92. The Morgan fingerprint density at radius 2 is 1.58 bits per heavy atom. The fraction of sp³-hybridized carbons (Fsp3) is 0.400. The molecule has 0 heterocycles. The number of aliphatic hydroxyl groups is 1.